The lowest BCUT2D eigenvalue weighted by Gasteiger charge is -2.17. The molecule has 0 spiro atoms. The highest BCUT2D eigenvalue weighted by molar-refractivity contribution is 5.59. The molecule has 0 saturated heterocycles. The molecule has 0 fully saturated rings. The molecule has 0 saturated carbocycles. The van der Waals surface area contributed by atoms with Gasteiger partial charge in [-0.2, -0.15) is 0 Å². The van der Waals surface area contributed by atoms with Crippen LogP contribution in [0, 0.1) is 6.92 Å². The first kappa shape index (κ1) is 8.36. The van der Waals surface area contributed by atoms with Crippen molar-refractivity contribution in [1.82, 2.24) is 0 Å². The van der Waals surface area contributed by atoms with Gasteiger partial charge in [0.25, 0.3) is 0 Å². The van der Waals surface area contributed by atoms with Crippen LogP contribution in [0.4, 0.5) is 5.69 Å². The van der Waals surface area contributed by atoms with Crippen LogP contribution in [0.1, 0.15) is 11.1 Å². The molecule has 1 aromatic carbocycles. The topological polar surface area (TPSA) is 3.24 Å². The molecular formula is C12H15N. The van der Waals surface area contributed by atoms with Gasteiger partial charge in [-0.25, -0.2) is 0 Å². The van der Waals surface area contributed by atoms with Crippen LogP contribution in [0.3, 0.4) is 0 Å². The van der Waals surface area contributed by atoms with Gasteiger partial charge in [-0.1, -0.05) is 18.2 Å². The lowest BCUT2D eigenvalue weighted by atomic mass is 10.1. The van der Waals surface area contributed by atoms with E-state index in [1.807, 2.05) is 6.08 Å². The van der Waals surface area contributed by atoms with Crippen LogP contribution < -0.4 is 4.90 Å². The molecule has 1 aromatic rings. The number of hydrogen-bond acceptors (Lipinski definition) is 1. The predicted molar refractivity (Wildman–Crippen MR) is 57.3 cm³/mol. The molecule has 1 heterocycles. The molecule has 1 aliphatic heterocycles. The number of aryl methyl sites for hydroxylation is 1. The van der Waals surface area contributed by atoms with Crippen molar-refractivity contribution in [2.75, 3.05) is 18.0 Å². The zero-order chi connectivity index (χ0) is 9.26. The minimum Gasteiger partial charge on any atom is -0.367 e. The maximum absolute atomic E-state index is 3.78. The Morgan fingerprint density at radius 2 is 2.38 bits per heavy atom. The van der Waals surface area contributed by atoms with Crippen molar-refractivity contribution in [1.29, 1.82) is 0 Å². The molecule has 0 radical (unpaired) electrons. The van der Waals surface area contributed by atoms with Crippen molar-refractivity contribution < 1.29 is 0 Å². The maximum Gasteiger partial charge on any atom is 0.0405 e. The van der Waals surface area contributed by atoms with Gasteiger partial charge in [0.15, 0.2) is 0 Å². The molecule has 0 aromatic heterocycles. The highest BCUT2D eigenvalue weighted by atomic mass is 15.1. The van der Waals surface area contributed by atoms with E-state index in [-0.39, 0.29) is 0 Å². The van der Waals surface area contributed by atoms with Crippen LogP contribution >= 0.6 is 0 Å². The number of rotatable bonds is 2. The third-order valence-corrected chi connectivity index (χ3v) is 2.58. The monoisotopic (exact) mass is 173 g/mol. The smallest absolute Gasteiger partial charge is 0.0405 e. The SMILES string of the molecule is C=CCN1CCc2ccc(C)cc21. The molecule has 0 aliphatic carbocycles. The molecule has 1 nitrogen and oxygen atoms in total. The number of benzene rings is 1. The lowest BCUT2D eigenvalue weighted by molar-refractivity contribution is 0.904. The van der Waals surface area contributed by atoms with Crippen molar-refractivity contribution in [3.63, 3.8) is 0 Å². The van der Waals surface area contributed by atoms with Gasteiger partial charge in [-0.3, -0.25) is 0 Å². The summed E-state index contributed by atoms with van der Waals surface area (Å²) in [6, 6.07) is 6.70. The molecule has 2 rings (SSSR count). The molecular weight excluding hydrogens is 158 g/mol. The Hall–Kier alpha value is -1.24. The molecule has 0 atom stereocenters. The van der Waals surface area contributed by atoms with E-state index < -0.39 is 0 Å². The van der Waals surface area contributed by atoms with Crippen molar-refractivity contribution >= 4 is 5.69 Å². The summed E-state index contributed by atoms with van der Waals surface area (Å²) in [6.07, 6.45) is 3.15. The predicted octanol–water partition coefficient (Wildman–Crippen LogP) is 2.54. The Morgan fingerprint density at radius 1 is 1.54 bits per heavy atom. The first-order valence-corrected chi connectivity index (χ1v) is 4.76. The van der Waals surface area contributed by atoms with Gasteiger partial charge in [0, 0.05) is 18.8 Å². The normalized spacial score (nSPS) is 14.4. The molecule has 13 heavy (non-hydrogen) atoms. The van der Waals surface area contributed by atoms with E-state index in [0.717, 1.165) is 13.1 Å². The maximum atomic E-state index is 3.78. The molecule has 1 aliphatic rings. The third kappa shape index (κ3) is 1.46. The number of nitrogens with zero attached hydrogens (tertiary/aromatic N) is 1. The fraction of sp³-hybridized carbons (Fsp3) is 0.333. The molecule has 1 heteroatoms. The first-order chi connectivity index (χ1) is 6.31. The van der Waals surface area contributed by atoms with Crippen LogP contribution in [-0.4, -0.2) is 13.1 Å². The Morgan fingerprint density at radius 3 is 3.15 bits per heavy atom. The summed E-state index contributed by atoms with van der Waals surface area (Å²) < 4.78 is 0. The second-order valence-electron chi connectivity index (χ2n) is 3.62. The highest BCUT2D eigenvalue weighted by Crippen LogP contribution is 2.28. The molecule has 0 amide bonds. The quantitative estimate of drug-likeness (QED) is 0.621. The van der Waals surface area contributed by atoms with E-state index in [4.69, 9.17) is 0 Å². The minimum atomic E-state index is 0.969. The third-order valence-electron chi connectivity index (χ3n) is 2.58. The standard InChI is InChI=1S/C12H15N/c1-3-7-13-8-6-11-5-4-10(2)9-12(11)13/h3-5,9H,1,6-8H2,2H3. The van der Waals surface area contributed by atoms with E-state index >= 15 is 0 Å². The summed E-state index contributed by atoms with van der Waals surface area (Å²) in [4.78, 5) is 2.38. The van der Waals surface area contributed by atoms with Crippen LogP contribution in [0.2, 0.25) is 0 Å². The van der Waals surface area contributed by atoms with Crippen LogP contribution in [0.5, 0.6) is 0 Å². The van der Waals surface area contributed by atoms with Crippen LogP contribution in [-0.2, 0) is 6.42 Å². The van der Waals surface area contributed by atoms with E-state index in [2.05, 4.69) is 36.6 Å². The Labute approximate surface area is 79.7 Å². The zero-order valence-corrected chi connectivity index (χ0v) is 8.09. The van der Waals surface area contributed by atoms with E-state index in [0.29, 0.717) is 0 Å². The first-order valence-electron chi connectivity index (χ1n) is 4.76. The fourth-order valence-corrected chi connectivity index (χ4v) is 1.90. The second kappa shape index (κ2) is 3.25. The number of hydrogen-bond donors (Lipinski definition) is 0. The van der Waals surface area contributed by atoms with Gasteiger partial charge < -0.3 is 4.90 Å². The molecule has 0 bridgehead atoms. The highest BCUT2D eigenvalue weighted by Gasteiger charge is 2.16. The van der Waals surface area contributed by atoms with Gasteiger partial charge in [0.05, 0.1) is 0 Å². The number of fused-ring (bicyclic) bond motifs is 1. The van der Waals surface area contributed by atoms with Crippen molar-refractivity contribution in [3.05, 3.63) is 42.0 Å². The summed E-state index contributed by atoms with van der Waals surface area (Å²) in [6.45, 7) is 8.03. The largest absolute Gasteiger partial charge is 0.367 e. The lowest BCUT2D eigenvalue weighted by Crippen LogP contribution is -2.19. The van der Waals surface area contributed by atoms with Gasteiger partial charge in [-0.15, -0.1) is 6.58 Å². The van der Waals surface area contributed by atoms with Gasteiger partial charge in [0.2, 0.25) is 0 Å². The van der Waals surface area contributed by atoms with Gasteiger partial charge in [-0.05, 0) is 30.5 Å². The van der Waals surface area contributed by atoms with Crippen molar-refractivity contribution in [2.24, 2.45) is 0 Å². The van der Waals surface area contributed by atoms with E-state index in [1.54, 1.807) is 0 Å². The zero-order valence-electron chi connectivity index (χ0n) is 8.09. The molecule has 0 unspecified atom stereocenters. The van der Waals surface area contributed by atoms with Crippen molar-refractivity contribution in [3.8, 4) is 0 Å². The minimum absolute atomic E-state index is 0.969. The van der Waals surface area contributed by atoms with E-state index in [9.17, 15) is 0 Å². The summed E-state index contributed by atoms with van der Waals surface area (Å²) >= 11 is 0. The Kier molecular flexibility index (Phi) is 2.09. The average molecular weight is 173 g/mol. The molecule has 68 valence electrons. The van der Waals surface area contributed by atoms with Gasteiger partial charge >= 0.3 is 0 Å². The fourth-order valence-electron chi connectivity index (χ4n) is 1.90. The second-order valence-corrected chi connectivity index (χ2v) is 3.62. The molecule has 0 N–H and O–H groups in total. The Bertz CT molecular complexity index is 328. The van der Waals surface area contributed by atoms with Crippen LogP contribution in [0.15, 0.2) is 30.9 Å². The summed E-state index contributed by atoms with van der Waals surface area (Å²) in [5.41, 5.74) is 4.22. The summed E-state index contributed by atoms with van der Waals surface area (Å²) in [5, 5.41) is 0. The summed E-state index contributed by atoms with van der Waals surface area (Å²) in [5.74, 6) is 0. The van der Waals surface area contributed by atoms with E-state index in [1.165, 1.54) is 23.2 Å². The Balaban J connectivity index is 2.34. The summed E-state index contributed by atoms with van der Waals surface area (Å²) in [7, 11) is 0. The van der Waals surface area contributed by atoms with Crippen molar-refractivity contribution in [2.45, 2.75) is 13.3 Å². The average Bonchev–Trinajstić information content (AvgIpc) is 2.49. The number of anilines is 1. The van der Waals surface area contributed by atoms with Gasteiger partial charge in [0.1, 0.15) is 0 Å². The van der Waals surface area contributed by atoms with Crippen LogP contribution in [0.25, 0.3) is 0 Å².